The fourth-order valence-corrected chi connectivity index (χ4v) is 1.69. The van der Waals surface area contributed by atoms with E-state index < -0.39 is 10.8 Å². The van der Waals surface area contributed by atoms with Crippen molar-refractivity contribution in [1.82, 2.24) is 9.88 Å². The number of anilines is 1. The van der Waals surface area contributed by atoms with Gasteiger partial charge in [0.1, 0.15) is 12.0 Å². The monoisotopic (exact) mass is 282 g/mol. The summed E-state index contributed by atoms with van der Waals surface area (Å²) in [5.74, 6) is -0.513. The van der Waals surface area contributed by atoms with Crippen molar-refractivity contribution < 1.29 is 14.8 Å². The molecule has 0 aromatic carbocycles. The molecule has 8 nitrogen and oxygen atoms in total. The summed E-state index contributed by atoms with van der Waals surface area (Å²) in [6.45, 7) is 2.40. The van der Waals surface area contributed by atoms with Crippen LogP contribution < -0.4 is 5.73 Å². The fourth-order valence-electron chi connectivity index (χ4n) is 1.69. The molecule has 0 aliphatic rings. The number of nitrogen functional groups attached to an aromatic ring is 1. The zero-order valence-corrected chi connectivity index (χ0v) is 11.3. The summed E-state index contributed by atoms with van der Waals surface area (Å²) < 4.78 is 0. The second kappa shape index (κ2) is 7.39. The van der Waals surface area contributed by atoms with Gasteiger partial charge in [-0.1, -0.05) is 13.3 Å². The molecule has 0 fully saturated rings. The van der Waals surface area contributed by atoms with Gasteiger partial charge in [-0.25, -0.2) is 4.98 Å². The van der Waals surface area contributed by atoms with E-state index >= 15 is 0 Å². The predicted octanol–water partition coefficient (Wildman–Crippen LogP) is 0.807. The number of aliphatic hydroxyl groups is 1. The Morgan fingerprint density at radius 2 is 2.25 bits per heavy atom. The van der Waals surface area contributed by atoms with Gasteiger partial charge >= 0.3 is 0 Å². The number of hydrogen-bond acceptors (Lipinski definition) is 6. The summed E-state index contributed by atoms with van der Waals surface area (Å²) in [7, 11) is 0. The van der Waals surface area contributed by atoms with Crippen LogP contribution in [0.15, 0.2) is 12.3 Å². The summed E-state index contributed by atoms with van der Waals surface area (Å²) in [5.41, 5.74) is 5.31. The van der Waals surface area contributed by atoms with Gasteiger partial charge in [0.15, 0.2) is 0 Å². The average molecular weight is 282 g/mol. The van der Waals surface area contributed by atoms with Gasteiger partial charge in [-0.3, -0.25) is 14.9 Å². The third-order valence-corrected chi connectivity index (χ3v) is 2.78. The molecule has 0 aliphatic heterocycles. The summed E-state index contributed by atoms with van der Waals surface area (Å²) in [4.78, 5) is 27.5. The second-order valence-corrected chi connectivity index (χ2v) is 4.25. The highest BCUT2D eigenvalue weighted by molar-refractivity contribution is 5.98. The normalized spacial score (nSPS) is 10.3. The van der Waals surface area contributed by atoms with Gasteiger partial charge in [-0.05, 0) is 6.42 Å². The van der Waals surface area contributed by atoms with Crippen LogP contribution in [0, 0.1) is 10.1 Å². The van der Waals surface area contributed by atoms with E-state index in [9.17, 15) is 14.9 Å². The third kappa shape index (κ3) is 3.89. The summed E-state index contributed by atoms with van der Waals surface area (Å²) in [6.07, 6.45) is 2.67. The van der Waals surface area contributed by atoms with Crippen LogP contribution in [0.25, 0.3) is 0 Å². The number of hydrogen-bond donors (Lipinski definition) is 2. The standard InChI is InChI=1S/C12H18N4O4/c1-2-3-4-15(5-6-17)12(18)10-7-9(16(19)20)8-14-11(10)13/h7-8,17H,2-6H2,1H3,(H2,13,14). The van der Waals surface area contributed by atoms with E-state index in [1.54, 1.807) is 0 Å². The molecule has 110 valence electrons. The number of nitro groups is 1. The average Bonchev–Trinajstić information content (AvgIpc) is 2.43. The highest BCUT2D eigenvalue weighted by Crippen LogP contribution is 2.18. The molecule has 1 heterocycles. The lowest BCUT2D eigenvalue weighted by molar-refractivity contribution is -0.385. The first-order valence-corrected chi connectivity index (χ1v) is 6.31. The van der Waals surface area contributed by atoms with Gasteiger partial charge in [0.05, 0.1) is 17.1 Å². The van der Waals surface area contributed by atoms with Crippen LogP contribution in [-0.2, 0) is 0 Å². The molecule has 3 N–H and O–H groups in total. The number of nitrogens with zero attached hydrogens (tertiary/aromatic N) is 3. The quantitative estimate of drug-likeness (QED) is 0.563. The molecule has 0 aliphatic carbocycles. The molecule has 0 unspecified atom stereocenters. The Hall–Kier alpha value is -2.22. The smallest absolute Gasteiger partial charge is 0.288 e. The maximum absolute atomic E-state index is 12.3. The second-order valence-electron chi connectivity index (χ2n) is 4.25. The lowest BCUT2D eigenvalue weighted by atomic mass is 10.2. The van der Waals surface area contributed by atoms with Crippen molar-refractivity contribution in [2.24, 2.45) is 0 Å². The Morgan fingerprint density at radius 1 is 1.55 bits per heavy atom. The first kappa shape index (κ1) is 15.8. The van der Waals surface area contributed by atoms with E-state index in [0.717, 1.165) is 25.1 Å². The molecular formula is C12H18N4O4. The minimum atomic E-state index is -0.633. The molecule has 20 heavy (non-hydrogen) atoms. The predicted molar refractivity (Wildman–Crippen MR) is 73.2 cm³/mol. The fraction of sp³-hybridized carbons (Fsp3) is 0.500. The molecule has 8 heteroatoms. The Balaban J connectivity index is 3.03. The van der Waals surface area contributed by atoms with Crippen molar-refractivity contribution in [3.05, 3.63) is 27.9 Å². The van der Waals surface area contributed by atoms with Crippen LogP contribution in [0.3, 0.4) is 0 Å². The Morgan fingerprint density at radius 3 is 2.80 bits per heavy atom. The van der Waals surface area contributed by atoms with Gasteiger partial charge in [0.2, 0.25) is 0 Å². The van der Waals surface area contributed by atoms with Crippen LogP contribution in [0.1, 0.15) is 30.1 Å². The van der Waals surface area contributed by atoms with Gasteiger partial charge in [0, 0.05) is 19.2 Å². The van der Waals surface area contributed by atoms with Crippen LogP contribution >= 0.6 is 0 Å². The SMILES string of the molecule is CCCCN(CCO)C(=O)c1cc([N+](=O)[O-])cnc1N. The number of aliphatic hydroxyl groups excluding tert-OH is 1. The number of rotatable bonds is 7. The summed E-state index contributed by atoms with van der Waals surface area (Å²) >= 11 is 0. The van der Waals surface area contributed by atoms with Crippen LogP contribution in [0.2, 0.25) is 0 Å². The highest BCUT2D eigenvalue weighted by atomic mass is 16.6. The van der Waals surface area contributed by atoms with Crippen molar-refractivity contribution in [3.8, 4) is 0 Å². The molecule has 0 bridgehead atoms. The van der Waals surface area contributed by atoms with Crippen molar-refractivity contribution in [2.75, 3.05) is 25.4 Å². The third-order valence-electron chi connectivity index (χ3n) is 2.78. The maximum Gasteiger partial charge on any atom is 0.288 e. The van der Waals surface area contributed by atoms with E-state index in [-0.39, 0.29) is 30.2 Å². The largest absolute Gasteiger partial charge is 0.395 e. The Bertz CT molecular complexity index is 492. The highest BCUT2D eigenvalue weighted by Gasteiger charge is 2.21. The molecule has 0 saturated heterocycles. The molecule has 0 radical (unpaired) electrons. The Labute approximate surface area is 116 Å². The number of amides is 1. The number of carbonyl (C=O) groups excluding carboxylic acids is 1. The summed E-state index contributed by atoms with van der Waals surface area (Å²) in [5, 5.41) is 19.7. The first-order valence-electron chi connectivity index (χ1n) is 6.31. The number of nitrogens with two attached hydrogens (primary N) is 1. The van der Waals surface area contributed by atoms with Crippen LogP contribution in [0.5, 0.6) is 0 Å². The first-order chi connectivity index (χ1) is 9.51. The number of carbonyl (C=O) groups is 1. The minimum Gasteiger partial charge on any atom is -0.395 e. The van der Waals surface area contributed by atoms with Gasteiger partial charge in [-0.15, -0.1) is 0 Å². The number of unbranched alkanes of at least 4 members (excludes halogenated alkanes) is 1. The lowest BCUT2D eigenvalue weighted by Gasteiger charge is -2.21. The van der Waals surface area contributed by atoms with E-state index in [1.807, 2.05) is 6.92 Å². The van der Waals surface area contributed by atoms with E-state index in [0.29, 0.717) is 6.54 Å². The van der Waals surface area contributed by atoms with Crippen molar-refractivity contribution in [2.45, 2.75) is 19.8 Å². The van der Waals surface area contributed by atoms with Crippen LogP contribution in [-0.4, -0.2) is 45.5 Å². The molecule has 1 aromatic heterocycles. The number of pyridine rings is 1. The van der Waals surface area contributed by atoms with Crippen molar-refractivity contribution >= 4 is 17.4 Å². The van der Waals surface area contributed by atoms with Crippen LogP contribution in [0.4, 0.5) is 11.5 Å². The van der Waals surface area contributed by atoms with Gasteiger partial charge in [0.25, 0.3) is 11.6 Å². The maximum atomic E-state index is 12.3. The topological polar surface area (TPSA) is 123 Å². The lowest BCUT2D eigenvalue weighted by Crippen LogP contribution is -2.35. The zero-order chi connectivity index (χ0) is 15.1. The molecule has 0 atom stereocenters. The molecule has 1 rings (SSSR count). The Kier molecular flexibility index (Phi) is 5.85. The molecular weight excluding hydrogens is 264 g/mol. The van der Waals surface area contributed by atoms with Gasteiger partial charge in [-0.2, -0.15) is 0 Å². The van der Waals surface area contributed by atoms with Crippen molar-refractivity contribution in [3.63, 3.8) is 0 Å². The van der Waals surface area contributed by atoms with E-state index in [1.165, 1.54) is 4.90 Å². The molecule has 0 spiro atoms. The number of aromatic nitrogens is 1. The van der Waals surface area contributed by atoms with E-state index in [2.05, 4.69) is 4.98 Å². The van der Waals surface area contributed by atoms with Crippen molar-refractivity contribution in [1.29, 1.82) is 0 Å². The molecule has 1 aromatic rings. The zero-order valence-electron chi connectivity index (χ0n) is 11.3. The van der Waals surface area contributed by atoms with E-state index in [4.69, 9.17) is 10.8 Å². The molecule has 0 saturated carbocycles. The van der Waals surface area contributed by atoms with Gasteiger partial charge < -0.3 is 15.7 Å². The minimum absolute atomic E-state index is 0.0104. The molecule has 1 amide bonds. The summed E-state index contributed by atoms with van der Waals surface area (Å²) in [6, 6.07) is 1.11.